The van der Waals surface area contributed by atoms with Crippen molar-refractivity contribution in [2.24, 2.45) is 0 Å². The zero-order valence-corrected chi connectivity index (χ0v) is 84.3. The Balaban J connectivity index is 0.000000102. The number of para-hydroxylation sites is 6. The van der Waals surface area contributed by atoms with Crippen molar-refractivity contribution in [3.05, 3.63) is 524 Å². The van der Waals surface area contributed by atoms with E-state index >= 15 is 0 Å². The Labute approximate surface area is 888 Å². The number of nitrogens with zero attached hydrogens (tertiary/aromatic N) is 9. The molecule has 699 valence electrons. The summed E-state index contributed by atoms with van der Waals surface area (Å²) in [6.07, 6.45) is 2.99. The van der Waals surface area contributed by atoms with Crippen LogP contribution in [0.4, 0.5) is 0 Å². The summed E-state index contributed by atoms with van der Waals surface area (Å²) in [5, 5.41) is 15.0. The van der Waals surface area contributed by atoms with Crippen molar-refractivity contribution in [2.45, 2.75) is 19.3 Å². The molecule has 12 nitrogen and oxygen atoms in total. The summed E-state index contributed by atoms with van der Waals surface area (Å²) in [5.41, 5.74) is 41.6. The Morgan fingerprint density at radius 2 is 0.523 bits per heavy atom. The summed E-state index contributed by atoms with van der Waals surface area (Å²) in [5.74, 6) is 3.00. The second-order valence-electron chi connectivity index (χ2n) is 38.0. The summed E-state index contributed by atoms with van der Waals surface area (Å²) in [7, 11) is 0. The number of aromatic amines is 3. The topological polar surface area (TPSA) is 139 Å². The van der Waals surface area contributed by atoms with Gasteiger partial charge in [-0.3, -0.25) is 4.57 Å². The van der Waals surface area contributed by atoms with E-state index in [2.05, 4.69) is 426 Å². The van der Waals surface area contributed by atoms with E-state index in [0.29, 0.717) is 29.2 Å². The van der Waals surface area contributed by atoms with Crippen molar-refractivity contribution < 1.29 is 32.7 Å². The maximum atomic E-state index is 5.99. The summed E-state index contributed by atoms with van der Waals surface area (Å²) in [4.78, 5) is 39.2. The van der Waals surface area contributed by atoms with E-state index in [9.17, 15) is 0 Å². The third-order valence-electron chi connectivity index (χ3n) is 29.7. The van der Waals surface area contributed by atoms with Crippen molar-refractivity contribution in [3.63, 3.8) is 0 Å². The fourth-order valence-corrected chi connectivity index (χ4v) is 23.1. The predicted octanol–water partition coefficient (Wildman–Crippen LogP) is 34.2. The van der Waals surface area contributed by atoms with Gasteiger partial charge >= 0.3 is 0 Å². The third kappa shape index (κ3) is 15.8. The van der Waals surface area contributed by atoms with Crippen molar-refractivity contribution in [1.29, 1.82) is 0 Å². The standard InChI is InChI=1S/C52H33N5.C37H24N2.C18H12N2.C15H10ClN3.C13H9.Y/c1-3-14-34(15-4-1)50-53-51(35-16-5-2-6-17-35)55-52(54-50)57-47-25-12-10-21-42(47)44-31-30-43-41-20-9-11-24-46(41)56(48(43)49(44)57)37-28-26-33(27-29-37)38-22-13-23-40-39-19-8-7-18-36(39)32-45(38)40;1-2-9-27-24(8-1)22-33-26(12-7-13-28(27)33)23-16-18-25(19-17-23)39-35-15-6-4-11-30(35)32-21-20-31-29-10-3-5-14-34(29)38-36(31)37(32)39;1-3-7-15-11(5-1)13-9-10-14-12-6-2-4-8-16(12)20-18(14)17(13)19-15;16-15-18-13(11-7-3-1-4-8-11)17-14(19-15)12-9-5-2-6-10-12;1-3-7-12-10(5-1)9-11-6-2-4-8-13(11)12;/h1-31H,32H2;1-21,38H,22H2;1-10,19-20H;1-10H;1-5,7-8H,9H2;/q;;;;-1;. The van der Waals surface area contributed by atoms with E-state index in [4.69, 9.17) is 26.6 Å². The molecule has 8 heterocycles. The molecule has 1 radical (unpaired) electrons. The minimum absolute atomic E-state index is 0. The number of halogens is 1. The summed E-state index contributed by atoms with van der Waals surface area (Å²) in [6, 6.07) is 172. The molecule has 8 aromatic heterocycles. The van der Waals surface area contributed by atoms with E-state index in [-0.39, 0.29) is 38.0 Å². The molecule has 0 amide bonds. The summed E-state index contributed by atoms with van der Waals surface area (Å²) in [6.45, 7) is 0. The maximum Gasteiger partial charge on any atom is 0.238 e. The first kappa shape index (κ1) is 89.7. The van der Waals surface area contributed by atoms with Crippen LogP contribution in [0.25, 0.3) is 249 Å². The Hall–Kier alpha value is -18.2. The number of hydrogen-bond donors (Lipinski definition) is 3. The van der Waals surface area contributed by atoms with Crippen LogP contribution < -0.4 is 0 Å². The normalized spacial score (nSPS) is 11.9. The van der Waals surface area contributed by atoms with Gasteiger partial charge in [-0.05, 0) is 158 Å². The van der Waals surface area contributed by atoms with Gasteiger partial charge in [0, 0.05) is 148 Å². The molecular formula is C135H88ClN12Y-. The van der Waals surface area contributed by atoms with Gasteiger partial charge in [-0.15, -0.1) is 5.56 Å². The molecule has 0 aliphatic heterocycles. The molecule has 0 spiro atoms. The molecule has 21 aromatic carbocycles. The van der Waals surface area contributed by atoms with Gasteiger partial charge in [0.05, 0.1) is 49.7 Å². The SMILES string of the molecule is Clc1nc(-c2ccccc2)nc(-c2ccccc2)n1.[Y].[c-]1cccc2c1Cc1ccccc1-2.c1ccc(-c2nc(-c3ccccc3)nc(-n3c4ccccc4c4ccc5c6ccccc6n(-c6ccc(-c7cccc8c7Cc7ccccc7-8)cc6)c5c43)n2)cc1.c1ccc2c(c1)Cc1c(-c3ccc(-n4c5ccccc5c5ccc6c7ccccc7[nH]c6c54)cc3)cccc1-2.c1ccc2c(c1)[nH]c1c2ccc2c3ccccc3[nH]c21. The molecule has 3 N–H and O–H groups in total. The average molecular weight is 2000 g/mol. The Morgan fingerprint density at radius 3 is 0.960 bits per heavy atom. The first-order valence-corrected chi connectivity index (χ1v) is 50.6. The Kier molecular flexibility index (Phi) is 22.7. The van der Waals surface area contributed by atoms with Gasteiger partial charge in [0.2, 0.25) is 11.2 Å². The maximum absolute atomic E-state index is 5.99. The number of aromatic nitrogens is 12. The zero-order valence-electron chi connectivity index (χ0n) is 80.7. The van der Waals surface area contributed by atoms with E-state index in [1.54, 1.807) is 0 Å². The second kappa shape index (κ2) is 37.8. The Bertz CT molecular complexity index is 10000. The molecule has 0 fully saturated rings. The fraction of sp³-hybridized carbons (Fsp3) is 0.0222. The summed E-state index contributed by atoms with van der Waals surface area (Å²) < 4.78 is 7.11. The zero-order chi connectivity index (χ0) is 97.8. The van der Waals surface area contributed by atoms with E-state index in [1.807, 2.05) is 103 Å². The molecule has 3 aliphatic carbocycles. The number of nitrogens with one attached hydrogen (secondary N) is 3. The second-order valence-corrected chi connectivity index (χ2v) is 38.4. The van der Waals surface area contributed by atoms with Crippen LogP contribution in [0.2, 0.25) is 5.28 Å². The van der Waals surface area contributed by atoms with Crippen LogP contribution in [-0.4, -0.2) is 58.6 Å². The third-order valence-corrected chi connectivity index (χ3v) is 29.9. The average Bonchev–Trinajstić information content (AvgIpc) is 1.54. The monoisotopic (exact) mass is 2000 g/mol. The van der Waals surface area contributed by atoms with Gasteiger partial charge in [-0.2, -0.15) is 49.8 Å². The van der Waals surface area contributed by atoms with Crippen molar-refractivity contribution >= 4 is 142 Å². The molecule has 0 unspecified atom stereocenters. The van der Waals surface area contributed by atoms with Crippen LogP contribution in [0.5, 0.6) is 0 Å². The molecule has 0 atom stereocenters. The molecule has 0 saturated heterocycles. The molecular weight excluding hydrogens is 1910 g/mol. The first-order chi connectivity index (χ1) is 73.3. The van der Waals surface area contributed by atoms with E-state index in [1.165, 1.54) is 193 Å². The fourth-order valence-electron chi connectivity index (χ4n) is 23.0. The quantitative estimate of drug-likeness (QED) is 0.123. The molecule has 29 aromatic rings. The molecule has 149 heavy (non-hydrogen) atoms. The van der Waals surface area contributed by atoms with Crippen molar-refractivity contribution in [1.82, 2.24) is 58.6 Å². The van der Waals surface area contributed by atoms with Gasteiger partial charge < -0.3 is 24.1 Å². The van der Waals surface area contributed by atoms with Crippen LogP contribution >= 0.6 is 11.6 Å². The van der Waals surface area contributed by atoms with Gasteiger partial charge in [0.25, 0.3) is 0 Å². The largest absolute Gasteiger partial charge is 0.353 e. The van der Waals surface area contributed by atoms with Crippen molar-refractivity contribution in [2.75, 3.05) is 0 Å². The number of rotatable bonds is 9. The number of fused-ring (bicyclic) bond motifs is 30. The molecule has 32 rings (SSSR count). The first-order valence-electron chi connectivity index (χ1n) is 50.2. The molecule has 14 heteroatoms. The van der Waals surface area contributed by atoms with E-state index in [0.717, 1.165) is 80.0 Å². The van der Waals surface area contributed by atoms with Crippen LogP contribution in [0, 0.1) is 6.07 Å². The molecule has 3 aliphatic rings. The van der Waals surface area contributed by atoms with Crippen LogP contribution in [0.1, 0.15) is 33.4 Å². The predicted molar refractivity (Wildman–Crippen MR) is 611 cm³/mol. The number of hydrogen-bond acceptors (Lipinski definition) is 6. The van der Waals surface area contributed by atoms with E-state index < -0.39 is 0 Å². The van der Waals surface area contributed by atoms with Crippen LogP contribution in [0.3, 0.4) is 0 Å². The number of benzene rings is 21. The van der Waals surface area contributed by atoms with Gasteiger partial charge in [-0.1, -0.05) is 412 Å². The van der Waals surface area contributed by atoms with Crippen LogP contribution in [0.15, 0.2) is 479 Å². The smallest absolute Gasteiger partial charge is 0.238 e. The van der Waals surface area contributed by atoms with Crippen LogP contribution in [-0.2, 0) is 52.0 Å². The van der Waals surface area contributed by atoms with Gasteiger partial charge in [0.15, 0.2) is 23.3 Å². The number of H-pyrrole nitrogens is 3. The van der Waals surface area contributed by atoms with Gasteiger partial charge in [-0.25, -0.2) is 9.97 Å². The Morgan fingerprint density at radius 1 is 0.215 bits per heavy atom. The van der Waals surface area contributed by atoms with Crippen molar-refractivity contribution in [3.8, 4) is 119 Å². The molecule has 0 saturated carbocycles. The molecule has 0 bridgehead atoms. The van der Waals surface area contributed by atoms with Gasteiger partial charge in [0.1, 0.15) is 0 Å². The minimum Gasteiger partial charge on any atom is -0.353 e. The summed E-state index contributed by atoms with van der Waals surface area (Å²) >= 11 is 5.99. The minimum atomic E-state index is 0.